The summed E-state index contributed by atoms with van der Waals surface area (Å²) >= 11 is 0. The van der Waals surface area contributed by atoms with E-state index in [1.54, 1.807) is 30.6 Å². The van der Waals surface area contributed by atoms with Gasteiger partial charge in [0.15, 0.2) is 17.0 Å². The molecule has 0 saturated carbocycles. The molecule has 6 rings (SSSR count). The molecule has 5 aromatic rings. The van der Waals surface area contributed by atoms with E-state index in [4.69, 9.17) is 9.72 Å². The Hall–Kier alpha value is -4.18. The zero-order valence-electron chi connectivity index (χ0n) is 19.6. The Balaban J connectivity index is 1.44. The number of nitrogens with zero attached hydrogens (tertiary/aromatic N) is 6. The fourth-order valence-electron chi connectivity index (χ4n) is 4.70. The molecule has 0 radical (unpaired) electrons. The normalized spacial score (nSPS) is 16.9. The number of hydrogen-bond donors (Lipinski definition) is 1. The van der Waals surface area contributed by atoms with E-state index < -0.39 is 17.4 Å². The molecule has 1 N–H and O–H groups in total. The van der Waals surface area contributed by atoms with Crippen LogP contribution in [-0.2, 0) is 4.74 Å². The van der Waals surface area contributed by atoms with Gasteiger partial charge in [0.2, 0.25) is 0 Å². The van der Waals surface area contributed by atoms with Gasteiger partial charge in [-0.1, -0.05) is 24.3 Å². The van der Waals surface area contributed by atoms with Crippen molar-refractivity contribution in [2.45, 2.75) is 38.5 Å². The molecule has 0 spiro atoms. The highest BCUT2D eigenvalue weighted by molar-refractivity contribution is 5.83. The van der Waals surface area contributed by atoms with Crippen LogP contribution in [0.3, 0.4) is 0 Å². The van der Waals surface area contributed by atoms with Gasteiger partial charge in [-0.05, 0) is 50.5 Å². The predicted molar refractivity (Wildman–Crippen MR) is 133 cm³/mol. The molecule has 4 heterocycles. The SMILES string of the molecule is C[C@H](Nc1ncnc2c1ncn2C1CCCCO1)c1nc2cccc(F)c2c(=O)n1-c1ccccc1. The summed E-state index contributed by atoms with van der Waals surface area (Å²) in [7, 11) is 0. The van der Waals surface area contributed by atoms with Crippen molar-refractivity contribution >= 4 is 27.9 Å². The smallest absolute Gasteiger partial charge is 0.269 e. The Kier molecular flexibility index (Phi) is 5.65. The highest BCUT2D eigenvalue weighted by Crippen LogP contribution is 2.29. The van der Waals surface area contributed by atoms with Gasteiger partial charge >= 0.3 is 0 Å². The third-order valence-electron chi connectivity index (χ3n) is 6.45. The van der Waals surface area contributed by atoms with Crippen LogP contribution in [0.5, 0.6) is 0 Å². The molecule has 36 heavy (non-hydrogen) atoms. The number of benzene rings is 2. The van der Waals surface area contributed by atoms with Crippen molar-refractivity contribution in [2.24, 2.45) is 0 Å². The molecule has 1 saturated heterocycles. The molecule has 182 valence electrons. The number of fused-ring (bicyclic) bond motifs is 2. The molecule has 10 heteroatoms. The zero-order chi connectivity index (χ0) is 24.6. The van der Waals surface area contributed by atoms with Gasteiger partial charge in [0.25, 0.3) is 5.56 Å². The second kappa shape index (κ2) is 9.12. The van der Waals surface area contributed by atoms with Crippen LogP contribution in [0.1, 0.15) is 44.3 Å². The van der Waals surface area contributed by atoms with E-state index in [2.05, 4.69) is 20.3 Å². The van der Waals surface area contributed by atoms with Crippen molar-refractivity contribution in [2.75, 3.05) is 11.9 Å². The van der Waals surface area contributed by atoms with Gasteiger partial charge in [-0.3, -0.25) is 13.9 Å². The second-order valence-corrected chi connectivity index (χ2v) is 8.81. The van der Waals surface area contributed by atoms with E-state index in [1.165, 1.54) is 17.0 Å². The molecule has 1 fully saturated rings. The first-order valence-electron chi connectivity index (χ1n) is 11.9. The molecular formula is C26H24FN7O2. The van der Waals surface area contributed by atoms with Crippen LogP contribution in [0.2, 0.25) is 0 Å². The lowest BCUT2D eigenvalue weighted by Crippen LogP contribution is -2.28. The van der Waals surface area contributed by atoms with Gasteiger partial charge in [-0.15, -0.1) is 0 Å². The molecule has 9 nitrogen and oxygen atoms in total. The van der Waals surface area contributed by atoms with Crippen LogP contribution in [0.4, 0.5) is 10.2 Å². The Bertz CT molecular complexity index is 1610. The average Bonchev–Trinajstić information content (AvgIpc) is 3.35. The summed E-state index contributed by atoms with van der Waals surface area (Å²) in [6.45, 7) is 2.59. The summed E-state index contributed by atoms with van der Waals surface area (Å²) in [5.41, 5.74) is 1.68. The topological polar surface area (TPSA) is 99.8 Å². The van der Waals surface area contributed by atoms with E-state index in [0.29, 0.717) is 40.6 Å². The van der Waals surface area contributed by atoms with Gasteiger partial charge in [0.1, 0.15) is 29.6 Å². The Morgan fingerprint density at radius 2 is 1.94 bits per heavy atom. The van der Waals surface area contributed by atoms with Crippen molar-refractivity contribution < 1.29 is 9.13 Å². The van der Waals surface area contributed by atoms with Crippen LogP contribution in [-0.4, -0.2) is 35.7 Å². The van der Waals surface area contributed by atoms with Crippen LogP contribution in [0.15, 0.2) is 66.0 Å². The third kappa shape index (κ3) is 3.79. The van der Waals surface area contributed by atoms with Gasteiger partial charge in [0.05, 0.1) is 23.6 Å². The molecule has 1 unspecified atom stereocenters. The van der Waals surface area contributed by atoms with Crippen LogP contribution in [0, 0.1) is 5.82 Å². The lowest BCUT2D eigenvalue weighted by atomic mass is 10.2. The number of aromatic nitrogens is 6. The number of nitrogens with one attached hydrogen (secondary N) is 1. The number of para-hydroxylation sites is 1. The summed E-state index contributed by atoms with van der Waals surface area (Å²) < 4.78 is 23.9. The third-order valence-corrected chi connectivity index (χ3v) is 6.45. The first kappa shape index (κ1) is 22.3. The Morgan fingerprint density at radius 1 is 1.08 bits per heavy atom. The summed E-state index contributed by atoms with van der Waals surface area (Å²) in [5, 5.41) is 3.30. The molecule has 0 bridgehead atoms. The maximum Gasteiger partial charge on any atom is 0.269 e. The molecule has 2 aromatic carbocycles. The van der Waals surface area contributed by atoms with E-state index >= 15 is 0 Å². The lowest BCUT2D eigenvalue weighted by Gasteiger charge is -2.23. The Labute approximate surface area is 205 Å². The highest BCUT2D eigenvalue weighted by atomic mass is 19.1. The molecule has 2 atom stereocenters. The molecule has 0 amide bonds. The summed E-state index contributed by atoms with van der Waals surface area (Å²) in [5.74, 6) is 0.330. The van der Waals surface area contributed by atoms with E-state index in [1.807, 2.05) is 29.7 Å². The predicted octanol–water partition coefficient (Wildman–Crippen LogP) is 4.54. The maximum absolute atomic E-state index is 14.6. The monoisotopic (exact) mass is 485 g/mol. The van der Waals surface area contributed by atoms with Crippen molar-refractivity contribution in [3.8, 4) is 5.69 Å². The van der Waals surface area contributed by atoms with E-state index in [0.717, 1.165) is 19.3 Å². The van der Waals surface area contributed by atoms with Crippen molar-refractivity contribution in [3.05, 3.63) is 83.2 Å². The molecule has 1 aliphatic rings. The first-order chi connectivity index (χ1) is 17.6. The minimum absolute atomic E-state index is 0.0482. The van der Waals surface area contributed by atoms with E-state index in [-0.39, 0.29) is 11.6 Å². The number of rotatable bonds is 5. The van der Waals surface area contributed by atoms with Crippen molar-refractivity contribution in [1.82, 2.24) is 29.1 Å². The second-order valence-electron chi connectivity index (χ2n) is 8.81. The number of anilines is 1. The molecule has 0 aliphatic carbocycles. The number of hydrogen-bond acceptors (Lipinski definition) is 7. The lowest BCUT2D eigenvalue weighted by molar-refractivity contribution is -0.0298. The molecule has 3 aromatic heterocycles. The summed E-state index contributed by atoms with van der Waals surface area (Å²) in [4.78, 5) is 31.6. The summed E-state index contributed by atoms with van der Waals surface area (Å²) in [6.07, 6.45) is 6.13. The number of imidazole rings is 1. The number of ether oxygens (including phenoxy) is 1. The standard InChI is InChI=1S/C26H24FN7O2/c1-16(31-23-22-25(29-14-28-23)33(15-30-22)20-12-5-6-13-36-20)24-32-19-11-7-10-18(27)21(19)26(35)34(24)17-8-3-2-4-9-17/h2-4,7-11,14-16,20H,5-6,12-13H2,1H3,(H,28,29,31)/t16-,20?/m0/s1. The number of halogens is 1. The summed E-state index contributed by atoms with van der Waals surface area (Å²) in [6, 6.07) is 13.1. The zero-order valence-corrected chi connectivity index (χ0v) is 19.6. The van der Waals surface area contributed by atoms with Gasteiger partial charge in [-0.25, -0.2) is 24.3 Å². The Morgan fingerprint density at radius 3 is 2.75 bits per heavy atom. The van der Waals surface area contributed by atoms with Crippen molar-refractivity contribution in [3.63, 3.8) is 0 Å². The first-order valence-corrected chi connectivity index (χ1v) is 11.9. The van der Waals surface area contributed by atoms with Gasteiger partial charge < -0.3 is 10.1 Å². The fraction of sp³-hybridized carbons (Fsp3) is 0.269. The maximum atomic E-state index is 14.6. The quantitative estimate of drug-likeness (QED) is 0.390. The van der Waals surface area contributed by atoms with Gasteiger partial charge in [0, 0.05) is 6.61 Å². The van der Waals surface area contributed by atoms with Gasteiger partial charge in [-0.2, -0.15) is 0 Å². The molecule has 1 aliphatic heterocycles. The largest absolute Gasteiger partial charge is 0.358 e. The molecular weight excluding hydrogens is 461 g/mol. The van der Waals surface area contributed by atoms with E-state index in [9.17, 15) is 9.18 Å². The minimum Gasteiger partial charge on any atom is -0.358 e. The highest BCUT2D eigenvalue weighted by Gasteiger charge is 2.23. The van der Waals surface area contributed by atoms with Crippen LogP contribution >= 0.6 is 0 Å². The average molecular weight is 486 g/mol. The van der Waals surface area contributed by atoms with Crippen LogP contribution in [0.25, 0.3) is 27.8 Å². The minimum atomic E-state index is -0.602. The fourth-order valence-corrected chi connectivity index (χ4v) is 4.70. The van der Waals surface area contributed by atoms with Crippen LogP contribution < -0.4 is 10.9 Å². The van der Waals surface area contributed by atoms with Crippen molar-refractivity contribution in [1.29, 1.82) is 0 Å².